The first-order chi connectivity index (χ1) is 21.8. The number of nitrogens with one attached hydrogen (secondary N) is 3. The van der Waals surface area contributed by atoms with E-state index >= 15 is 0 Å². The molecule has 11 N–H and O–H groups in total. The second-order valence-corrected chi connectivity index (χ2v) is 10.7. The molecule has 0 bridgehead atoms. The van der Waals surface area contributed by atoms with Crippen LogP contribution in [0.5, 0.6) is 17.2 Å². The molecule has 244 valence electrons. The molecule has 4 atom stereocenters. The third kappa shape index (κ3) is 11.1. The van der Waals surface area contributed by atoms with Crippen molar-refractivity contribution in [2.45, 2.75) is 56.3 Å². The molecular formula is C32H37N5O9. The molecule has 46 heavy (non-hydrogen) atoms. The lowest BCUT2D eigenvalue weighted by Crippen LogP contribution is -2.58. The van der Waals surface area contributed by atoms with E-state index in [2.05, 4.69) is 16.0 Å². The van der Waals surface area contributed by atoms with Crippen LogP contribution >= 0.6 is 0 Å². The predicted molar refractivity (Wildman–Crippen MR) is 165 cm³/mol. The molecule has 0 saturated carbocycles. The number of carbonyl (C=O) groups excluding carboxylic acids is 4. The monoisotopic (exact) mass is 635 g/mol. The molecule has 3 aromatic carbocycles. The van der Waals surface area contributed by atoms with E-state index in [1.54, 1.807) is 12.1 Å². The Balaban J connectivity index is 1.79. The van der Waals surface area contributed by atoms with Crippen molar-refractivity contribution >= 4 is 29.6 Å². The first-order valence-electron chi connectivity index (χ1n) is 14.3. The molecule has 0 spiro atoms. The SMILES string of the molecule is NC(=O)CCC(NC(=O)C(Cc1ccc(O)cc1)NC(=O)C(N)Cc1ccc(O)cc1)C(=O)NC(Cc1ccc(O)cc1)C(=O)O. The Kier molecular flexibility index (Phi) is 12.5. The van der Waals surface area contributed by atoms with Gasteiger partial charge in [-0.15, -0.1) is 0 Å². The molecule has 0 radical (unpaired) electrons. The third-order valence-corrected chi connectivity index (χ3v) is 7.04. The summed E-state index contributed by atoms with van der Waals surface area (Å²) in [5.41, 5.74) is 13.1. The van der Waals surface area contributed by atoms with Crippen LogP contribution in [0.15, 0.2) is 72.8 Å². The van der Waals surface area contributed by atoms with Crippen LogP contribution < -0.4 is 27.4 Å². The Hall–Kier alpha value is -5.63. The number of aromatic hydroxyl groups is 3. The van der Waals surface area contributed by atoms with Crippen molar-refractivity contribution < 1.29 is 44.4 Å². The van der Waals surface area contributed by atoms with Gasteiger partial charge in [-0.25, -0.2) is 4.79 Å². The molecule has 0 fully saturated rings. The fourth-order valence-electron chi connectivity index (χ4n) is 4.50. The smallest absolute Gasteiger partial charge is 0.326 e. The number of phenols is 3. The summed E-state index contributed by atoms with van der Waals surface area (Å²) >= 11 is 0. The molecule has 0 aliphatic heterocycles. The van der Waals surface area contributed by atoms with Gasteiger partial charge < -0.3 is 47.8 Å². The van der Waals surface area contributed by atoms with E-state index in [1.807, 2.05) is 0 Å². The van der Waals surface area contributed by atoms with Gasteiger partial charge in [-0.05, 0) is 65.9 Å². The number of rotatable bonds is 16. The molecular weight excluding hydrogens is 598 g/mol. The lowest BCUT2D eigenvalue weighted by atomic mass is 10.0. The minimum atomic E-state index is -1.42. The summed E-state index contributed by atoms with van der Waals surface area (Å²) in [4.78, 5) is 63.5. The van der Waals surface area contributed by atoms with E-state index in [-0.39, 0.29) is 49.4 Å². The third-order valence-electron chi connectivity index (χ3n) is 7.04. The number of primary amides is 1. The Bertz CT molecular complexity index is 1510. The molecule has 3 aromatic rings. The molecule has 4 unspecified atom stereocenters. The molecule has 4 amide bonds. The number of aliphatic carboxylic acids is 1. The van der Waals surface area contributed by atoms with E-state index in [9.17, 15) is 44.4 Å². The van der Waals surface area contributed by atoms with E-state index in [4.69, 9.17) is 11.5 Å². The highest BCUT2D eigenvalue weighted by Gasteiger charge is 2.31. The van der Waals surface area contributed by atoms with Crippen LogP contribution in [0.4, 0.5) is 0 Å². The van der Waals surface area contributed by atoms with Gasteiger partial charge in [0, 0.05) is 19.3 Å². The summed E-state index contributed by atoms with van der Waals surface area (Å²) in [6.07, 6.45) is -0.719. The second-order valence-electron chi connectivity index (χ2n) is 10.7. The molecule has 0 saturated heterocycles. The average Bonchev–Trinajstić information content (AvgIpc) is 3.01. The lowest BCUT2D eigenvalue weighted by Gasteiger charge is -2.25. The van der Waals surface area contributed by atoms with Crippen LogP contribution in [0.25, 0.3) is 0 Å². The molecule has 0 aromatic heterocycles. The van der Waals surface area contributed by atoms with Crippen molar-refractivity contribution in [3.05, 3.63) is 89.5 Å². The number of hydrogen-bond donors (Lipinski definition) is 9. The molecule has 0 aliphatic rings. The molecule has 0 aliphatic carbocycles. The maximum absolute atomic E-state index is 13.6. The number of carboxylic acids is 1. The molecule has 14 heteroatoms. The zero-order valence-corrected chi connectivity index (χ0v) is 24.8. The number of phenolic OH excluding ortho intramolecular Hbond substituents is 3. The second kappa shape index (κ2) is 16.4. The van der Waals surface area contributed by atoms with E-state index < -0.39 is 53.8 Å². The summed E-state index contributed by atoms with van der Waals surface area (Å²) < 4.78 is 0. The van der Waals surface area contributed by atoms with E-state index in [1.165, 1.54) is 60.7 Å². The van der Waals surface area contributed by atoms with Gasteiger partial charge in [-0.3, -0.25) is 19.2 Å². The van der Waals surface area contributed by atoms with Gasteiger partial charge in [0.2, 0.25) is 23.6 Å². The maximum atomic E-state index is 13.6. The normalized spacial score (nSPS) is 13.4. The summed E-state index contributed by atoms with van der Waals surface area (Å²) in [5, 5.41) is 45.9. The number of nitrogens with two attached hydrogens (primary N) is 2. The minimum absolute atomic E-state index is 0.0202. The Morgan fingerprint density at radius 3 is 1.37 bits per heavy atom. The molecule has 0 heterocycles. The minimum Gasteiger partial charge on any atom is -0.508 e. The summed E-state index contributed by atoms with van der Waals surface area (Å²) in [6, 6.07) is 12.5. The molecule has 3 rings (SSSR count). The van der Waals surface area contributed by atoms with Crippen molar-refractivity contribution in [2.24, 2.45) is 11.5 Å². The van der Waals surface area contributed by atoms with Gasteiger partial charge in [-0.1, -0.05) is 36.4 Å². The van der Waals surface area contributed by atoms with Crippen LogP contribution in [0.1, 0.15) is 29.5 Å². The van der Waals surface area contributed by atoms with Gasteiger partial charge in [0.25, 0.3) is 0 Å². The van der Waals surface area contributed by atoms with Crippen LogP contribution in [0.2, 0.25) is 0 Å². The Morgan fingerprint density at radius 1 is 0.565 bits per heavy atom. The largest absolute Gasteiger partial charge is 0.508 e. The Labute approximate surface area is 264 Å². The van der Waals surface area contributed by atoms with Crippen LogP contribution in [-0.4, -0.2) is 74.2 Å². The predicted octanol–water partition coefficient (Wildman–Crippen LogP) is -0.0369. The first kappa shape index (κ1) is 34.9. The quantitative estimate of drug-likeness (QED) is 0.102. The zero-order chi connectivity index (χ0) is 33.8. The topological polar surface area (TPSA) is 254 Å². The summed E-state index contributed by atoms with van der Waals surface area (Å²) in [7, 11) is 0. The van der Waals surface area contributed by atoms with Crippen molar-refractivity contribution in [2.75, 3.05) is 0 Å². The first-order valence-corrected chi connectivity index (χ1v) is 14.3. The van der Waals surface area contributed by atoms with Crippen molar-refractivity contribution in [3.8, 4) is 17.2 Å². The summed E-state index contributed by atoms with van der Waals surface area (Å²) in [5.74, 6) is -4.55. The Morgan fingerprint density at radius 2 is 0.935 bits per heavy atom. The zero-order valence-electron chi connectivity index (χ0n) is 24.8. The standard InChI is InChI=1S/C32H37N5O9/c33-24(15-18-1-7-21(38)8-2-18)29(42)36-26(16-19-3-9-22(39)10-4-19)31(44)35-25(13-14-28(34)41)30(43)37-27(32(45)46)17-20-5-11-23(40)12-6-20/h1-12,24-27,38-40H,13-17,33H2,(H2,34,41)(H,35,44)(H,36,42)(H,37,43)(H,45,46). The number of amides is 4. The van der Waals surface area contributed by atoms with Gasteiger partial charge in [0.05, 0.1) is 6.04 Å². The van der Waals surface area contributed by atoms with Gasteiger partial charge >= 0.3 is 5.97 Å². The van der Waals surface area contributed by atoms with Crippen LogP contribution in [0, 0.1) is 0 Å². The van der Waals surface area contributed by atoms with Crippen molar-refractivity contribution in [3.63, 3.8) is 0 Å². The highest BCUT2D eigenvalue weighted by atomic mass is 16.4. The fourth-order valence-corrected chi connectivity index (χ4v) is 4.50. The maximum Gasteiger partial charge on any atom is 0.326 e. The lowest BCUT2D eigenvalue weighted by molar-refractivity contribution is -0.142. The van der Waals surface area contributed by atoms with Crippen LogP contribution in [-0.2, 0) is 43.2 Å². The fraction of sp³-hybridized carbons (Fsp3) is 0.281. The highest BCUT2D eigenvalue weighted by Crippen LogP contribution is 2.15. The number of benzene rings is 3. The van der Waals surface area contributed by atoms with Gasteiger partial charge in [0.1, 0.15) is 35.4 Å². The van der Waals surface area contributed by atoms with Gasteiger partial charge in [0.15, 0.2) is 0 Å². The van der Waals surface area contributed by atoms with Crippen molar-refractivity contribution in [1.82, 2.24) is 16.0 Å². The molecule has 14 nitrogen and oxygen atoms in total. The van der Waals surface area contributed by atoms with Crippen LogP contribution in [0.3, 0.4) is 0 Å². The number of carbonyl (C=O) groups is 5. The van der Waals surface area contributed by atoms with E-state index in [0.717, 1.165) is 0 Å². The average molecular weight is 636 g/mol. The number of hydrogen-bond acceptors (Lipinski definition) is 9. The van der Waals surface area contributed by atoms with E-state index in [0.29, 0.717) is 16.7 Å². The summed E-state index contributed by atoms with van der Waals surface area (Å²) in [6.45, 7) is 0. The highest BCUT2D eigenvalue weighted by molar-refractivity contribution is 5.94. The van der Waals surface area contributed by atoms with Gasteiger partial charge in [-0.2, -0.15) is 0 Å². The van der Waals surface area contributed by atoms with Crippen molar-refractivity contribution in [1.29, 1.82) is 0 Å². The number of carboxylic acid groups (broad SMARTS) is 1.